The Labute approximate surface area is 144 Å². The molecule has 0 aliphatic carbocycles. The van der Waals surface area contributed by atoms with Crippen LogP contribution in [0.15, 0.2) is 48.8 Å². The number of likely N-dealkylation sites (tertiary alicyclic amines) is 1. The monoisotopic (exact) mass is 325 g/mol. The van der Waals surface area contributed by atoms with Gasteiger partial charge < -0.3 is 4.90 Å². The van der Waals surface area contributed by atoms with Crippen molar-refractivity contribution in [3.63, 3.8) is 0 Å². The molecule has 1 aliphatic heterocycles. The first kappa shape index (κ1) is 16.7. The van der Waals surface area contributed by atoms with Crippen molar-refractivity contribution >= 4 is 5.91 Å². The lowest BCUT2D eigenvalue weighted by molar-refractivity contribution is -0.135. The molecule has 0 saturated carbocycles. The third-order valence-electron chi connectivity index (χ3n) is 5.00. The Balaban J connectivity index is 1.58. The van der Waals surface area contributed by atoms with Gasteiger partial charge in [0.2, 0.25) is 5.91 Å². The Morgan fingerprint density at radius 3 is 2.83 bits per heavy atom. The Morgan fingerprint density at radius 2 is 2.08 bits per heavy atom. The number of hydrogen-bond acceptors (Lipinski definition) is 2. The van der Waals surface area contributed by atoms with Crippen molar-refractivity contribution in [3.8, 4) is 0 Å². The first-order valence-electron chi connectivity index (χ1n) is 9.06. The average Bonchev–Trinajstić information content (AvgIpc) is 3.16. The van der Waals surface area contributed by atoms with Crippen LogP contribution >= 0.6 is 0 Å². The summed E-state index contributed by atoms with van der Waals surface area (Å²) in [4.78, 5) is 14.9. The summed E-state index contributed by atoms with van der Waals surface area (Å²) in [5.74, 6) is 0.274. The molecule has 3 rings (SSSR count). The van der Waals surface area contributed by atoms with E-state index in [2.05, 4.69) is 47.3 Å². The van der Waals surface area contributed by atoms with Crippen molar-refractivity contribution in [2.45, 2.75) is 57.5 Å². The number of hydrogen-bond donors (Lipinski definition) is 0. The molecule has 0 unspecified atom stereocenters. The third-order valence-corrected chi connectivity index (χ3v) is 5.00. The normalized spacial score (nSPS) is 19.2. The fourth-order valence-corrected chi connectivity index (χ4v) is 3.61. The Hall–Kier alpha value is -2.10. The molecule has 24 heavy (non-hydrogen) atoms. The first-order valence-corrected chi connectivity index (χ1v) is 9.06. The molecule has 0 N–H and O–H groups in total. The number of aromatic nitrogens is 2. The maximum Gasteiger partial charge on any atom is 0.224 e. The van der Waals surface area contributed by atoms with E-state index in [1.807, 2.05) is 16.9 Å². The summed E-state index contributed by atoms with van der Waals surface area (Å²) in [5.41, 5.74) is 1.36. The van der Waals surface area contributed by atoms with Crippen LogP contribution in [0, 0.1) is 0 Å². The largest absolute Gasteiger partial charge is 0.340 e. The number of amides is 1. The van der Waals surface area contributed by atoms with E-state index in [4.69, 9.17) is 0 Å². The zero-order valence-electron chi connectivity index (χ0n) is 14.5. The van der Waals surface area contributed by atoms with Crippen molar-refractivity contribution in [2.24, 2.45) is 0 Å². The molecule has 1 aromatic heterocycles. The topological polar surface area (TPSA) is 38.1 Å². The van der Waals surface area contributed by atoms with E-state index in [9.17, 15) is 4.79 Å². The van der Waals surface area contributed by atoms with Crippen molar-refractivity contribution in [1.29, 1.82) is 0 Å². The van der Waals surface area contributed by atoms with Gasteiger partial charge in [-0.05, 0) is 50.7 Å². The van der Waals surface area contributed by atoms with Gasteiger partial charge in [-0.25, -0.2) is 0 Å². The second kappa shape index (κ2) is 8.13. The van der Waals surface area contributed by atoms with Crippen LogP contribution in [0.3, 0.4) is 0 Å². The SMILES string of the molecule is C[C@@H](CC(=O)N1CCCC[C@H]1CCc1ccccc1)n1cccn1. The summed E-state index contributed by atoms with van der Waals surface area (Å²) in [7, 11) is 0. The summed E-state index contributed by atoms with van der Waals surface area (Å²) < 4.78 is 1.88. The molecular weight excluding hydrogens is 298 g/mol. The zero-order chi connectivity index (χ0) is 16.8. The summed E-state index contributed by atoms with van der Waals surface area (Å²) in [6.45, 7) is 2.97. The molecular formula is C20H27N3O. The minimum absolute atomic E-state index is 0.115. The van der Waals surface area contributed by atoms with E-state index in [1.165, 1.54) is 12.0 Å². The molecule has 1 saturated heterocycles. The van der Waals surface area contributed by atoms with E-state index in [-0.39, 0.29) is 11.9 Å². The maximum atomic E-state index is 12.8. The Bertz CT molecular complexity index is 624. The van der Waals surface area contributed by atoms with Crippen molar-refractivity contribution < 1.29 is 4.79 Å². The highest BCUT2D eigenvalue weighted by Crippen LogP contribution is 2.24. The maximum absolute atomic E-state index is 12.8. The lowest BCUT2D eigenvalue weighted by Gasteiger charge is -2.36. The predicted octanol–water partition coefficient (Wildman–Crippen LogP) is 3.85. The van der Waals surface area contributed by atoms with Gasteiger partial charge in [0, 0.05) is 31.4 Å². The van der Waals surface area contributed by atoms with Crippen LogP contribution in [0.2, 0.25) is 0 Å². The fraction of sp³-hybridized carbons (Fsp3) is 0.500. The molecule has 2 atom stereocenters. The van der Waals surface area contributed by atoms with Crippen LogP contribution in [0.5, 0.6) is 0 Å². The molecule has 2 heterocycles. The molecule has 0 spiro atoms. The number of benzene rings is 1. The van der Waals surface area contributed by atoms with E-state index in [1.54, 1.807) is 6.20 Å². The van der Waals surface area contributed by atoms with Gasteiger partial charge in [-0.15, -0.1) is 0 Å². The lowest BCUT2D eigenvalue weighted by atomic mass is 9.95. The van der Waals surface area contributed by atoms with Gasteiger partial charge in [0.1, 0.15) is 0 Å². The number of aryl methyl sites for hydroxylation is 1. The van der Waals surface area contributed by atoms with Crippen molar-refractivity contribution in [3.05, 3.63) is 54.4 Å². The molecule has 1 aromatic carbocycles. The van der Waals surface area contributed by atoms with Gasteiger partial charge >= 0.3 is 0 Å². The minimum Gasteiger partial charge on any atom is -0.340 e. The summed E-state index contributed by atoms with van der Waals surface area (Å²) in [6.07, 6.45) is 9.83. The molecule has 1 aliphatic rings. The van der Waals surface area contributed by atoms with Crippen LogP contribution in [0.1, 0.15) is 50.6 Å². The molecule has 0 radical (unpaired) electrons. The highest BCUT2D eigenvalue weighted by Gasteiger charge is 2.27. The number of nitrogens with zero attached hydrogens (tertiary/aromatic N) is 3. The van der Waals surface area contributed by atoms with Gasteiger partial charge in [0.25, 0.3) is 0 Å². The predicted molar refractivity (Wildman–Crippen MR) is 95.7 cm³/mol. The molecule has 0 bridgehead atoms. The number of piperidine rings is 1. The van der Waals surface area contributed by atoms with Crippen LogP contribution in [-0.2, 0) is 11.2 Å². The van der Waals surface area contributed by atoms with E-state index >= 15 is 0 Å². The Kier molecular flexibility index (Phi) is 5.68. The molecule has 1 fully saturated rings. The van der Waals surface area contributed by atoms with Gasteiger partial charge in [-0.3, -0.25) is 9.48 Å². The smallest absolute Gasteiger partial charge is 0.224 e. The number of carbonyl (C=O) groups excluding carboxylic acids is 1. The van der Waals surface area contributed by atoms with Crippen LogP contribution in [-0.4, -0.2) is 33.2 Å². The fourth-order valence-electron chi connectivity index (χ4n) is 3.61. The van der Waals surface area contributed by atoms with Gasteiger partial charge in [0.05, 0.1) is 6.04 Å². The van der Waals surface area contributed by atoms with Gasteiger partial charge in [-0.2, -0.15) is 5.10 Å². The molecule has 128 valence electrons. The zero-order valence-corrected chi connectivity index (χ0v) is 14.5. The standard InChI is InChI=1S/C20H27N3O/c1-17(23-15-7-13-21-23)16-20(24)22-14-6-5-10-19(22)12-11-18-8-3-2-4-9-18/h2-4,7-9,13,15,17,19H,5-6,10-12,14,16H2,1H3/t17-,19-/m0/s1. The molecule has 4 heteroatoms. The highest BCUT2D eigenvalue weighted by molar-refractivity contribution is 5.77. The van der Waals surface area contributed by atoms with Gasteiger partial charge in [-0.1, -0.05) is 30.3 Å². The summed E-state index contributed by atoms with van der Waals surface area (Å²) in [6, 6.07) is 13.0. The first-order chi connectivity index (χ1) is 11.7. The lowest BCUT2D eigenvalue weighted by Crippen LogP contribution is -2.44. The third kappa shape index (κ3) is 4.25. The van der Waals surface area contributed by atoms with Crippen molar-refractivity contribution in [1.82, 2.24) is 14.7 Å². The number of carbonyl (C=O) groups is 1. The van der Waals surface area contributed by atoms with Crippen molar-refractivity contribution in [2.75, 3.05) is 6.54 Å². The molecule has 4 nitrogen and oxygen atoms in total. The average molecular weight is 325 g/mol. The van der Waals surface area contributed by atoms with Crippen LogP contribution < -0.4 is 0 Å². The minimum atomic E-state index is 0.115. The second-order valence-corrected chi connectivity index (χ2v) is 6.80. The van der Waals surface area contributed by atoms with Crippen LogP contribution in [0.25, 0.3) is 0 Å². The highest BCUT2D eigenvalue weighted by atomic mass is 16.2. The molecule has 1 amide bonds. The molecule has 2 aromatic rings. The van der Waals surface area contributed by atoms with E-state index in [0.717, 1.165) is 32.2 Å². The summed E-state index contributed by atoms with van der Waals surface area (Å²) in [5, 5.41) is 4.26. The van der Waals surface area contributed by atoms with Crippen LogP contribution in [0.4, 0.5) is 0 Å². The van der Waals surface area contributed by atoms with Gasteiger partial charge in [0.15, 0.2) is 0 Å². The Morgan fingerprint density at radius 1 is 1.25 bits per heavy atom. The quantitative estimate of drug-likeness (QED) is 0.809. The summed E-state index contributed by atoms with van der Waals surface area (Å²) >= 11 is 0. The van der Waals surface area contributed by atoms with E-state index < -0.39 is 0 Å². The van der Waals surface area contributed by atoms with E-state index in [0.29, 0.717) is 12.5 Å². The second-order valence-electron chi connectivity index (χ2n) is 6.80. The number of rotatable bonds is 6.